The Hall–Kier alpha value is -2.81. The number of hydrogen-bond acceptors (Lipinski definition) is 3. The van der Waals surface area contributed by atoms with Crippen molar-refractivity contribution in [3.05, 3.63) is 78.1 Å². The summed E-state index contributed by atoms with van der Waals surface area (Å²) in [6.07, 6.45) is 1.77. The number of rotatable bonds is 5. The molecule has 3 rings (SSSR count). The van der Waals surface area contributed by atoms with Gasteiger partial charge in [0, 0.05) is 0 Å². The molecule has 1 heterocycles. The number of para-hydroxylation sites is 1. The van der Waals surface area contributed by atoms with Gasteiger partial charge in [-0.25, -0.2) is 0 Å². The summed E-state index contributed by atoms with van der Waals surface area (Å²) in [5.41, 5.74) is 2.12. The van der Waals surface area contributed by atoms with Gasteiger partial charge in [-0.2, -0.15) is 0 Å². The standard InChI is InChI=1S/C20H19NO2/c1-15(16-8-4-3-5-9-16)21-14-17-12-13-20(23-17)18-10-6-7-11-19(18)22-2/h3-15H,1-2H3/b21-14+. The third kappa shape index (κ3) is 3.51. The van der Waals surface area contributed by atoms with Crippen molar-refractivity contribution in [2.75, 3.05) is 7.11 Å². The van der Waals surface area contributed by atoms with E-state index in [-0.39, 0.29) is 6.04 Å². The molecule has 0 saturated carbocycles. The summed E-state index contributed by atoms with van der Waals surface area (Å²) in [6, 6.07) is 21.9. The summed E-state index contributed by atoms with van der Waals surface area (Å²) in [5.74, 6) is 2.30. The van der Waals surface area contributed by atoms with E-state index in [0.717, 1.165) is 22.8 Å². The van der Waals surface area contributed by atoms with Gasteiger partial charge >= 0.3 is 0 Å². The molecule has 0 aliphatic rings. The van der Waals surface area contributed by atoms with Crippen molar-refractivity contribution in [1.82, 2.24) is 0 Å². The third-order valence-corrected chi connectivity index (χ3v) is 3.71. The van der Waals surface area contributed by atoms with E-state index >= 15 is 0 Å². The van der Waals surface area contributed by atoms with Crippen LogP contribution < -0.4 is 4.74 Å². The first kappa shape index (κ1) is 15.1. The molecule has 1 unspecified atom stereocenters. The fraction of sp³-hybridized carbons (Fsp3) is 0.150. The molecule has 0 N–H and O–H groups in total. The highest BCUT2D eigenvalue weighted by Gasteiger charge is 2.09. The fourth-order valence-electron chi connectivity index (χ4n) is 2.42. The highest BCUT2D eigenvalue weighted by molar-refractivity contribution is 5.78. The quantitative estimate of drug-likeness (QED) is 0.612. The van der Waals surface area contributed by atoms with Crippen molar-refractivity contribution in [3.8, 4) is 17.1 Å². The van der Waals surface area contributed by atoms with Crippen molar-refractivity contribution in [1.29, 1.82) is 0 Å². The highest BCUT2D eigenvalue weighted by atomic mass is 16.5. The monoisotopic (exact) mass is 305 g/mol. The van der Waals surface area contributed by atoms with E-state index in [4.69, 9.17) is 9.15 Å². The van der Waals surface area contributed by atoms with E-state index in [1.54, 1.807) is 13.3 Å². The summed E-state index contributed by atoms with van der Waals surface area (Å²) in [6.45, 7) is 2.07. The lowest BCUT2D eigenvalue weighted by atomic mass is 10.1. The predicted molar refractivity (Wildman–Crippen MR) is 93.1 cm³/mol. The Balaban J connectivity index is 1.78. The van der Waals surface area contributed by atoms with Gasteiger partial charge in [0.25, 0.3) is 0 Å². The molecule has 0 spiro atoms. The van der Waals surface area contributed by atoms with Crippen LogP contribution in [0.4, 0.5) is 0 Å². The maximum Gasteiger partial charge on any atom is 0.145 e. The molecule has 0 aliphatic heterocycles. The molecule has 1 aromatic heterocycles. The number of methoxy groups -OCH3 is 1. The van der Waals surface area contributed by atoms with E-state index in [2.05, 4.69) is 24.0 Å². The van der Waals surface area contributed by atoms with E-state index < -0.39 is 0 Å². The maximum atomic E-state index is 5.87. The molecule has 2 aromatic carbocycles. The Labute approximate surface area is 136 Å². The molecular weight excluding hydrogens is 286 g/mol. The molecule has 0 bridgehead atoms. The van der Waals surface area contributed by atoms with Gasteiger partial charge in [-0.15, -0.1) is 0 Å². The van der Waals surface area contributed by atoms with Gasteiger partial charge in [0.15, 0.2) is 0 Å². The Kier molecular flexibility index (Phi) is 4.57. The minimum absolute atomic E-state index is 0.0935. The molecule has 1 atom stereocenters. The molecular formula is C20H19NO2. The number of hydrogen-bond donors (Lipinski definition) is 0. The average Bonchev–Trinajstić information content (AvgIpc) is 3.09. The molecule has 3 heteroatoms. The number of aliphatic imine (C=N–C) groups is 1. The van der Waals surface area contributed by atoms with E-state index in [9.17, 15) is 0 Å². The zero-order valence-corrected chi connectivity index (χ0v) is 13.3. The minimum Gasteiger partial charge on any atom is -0.496 e. The Morgan fingerprint density at radius 3 is 2.48 bits per heavy atom. The summed E-state index contributed by atoms with van der Waals surface area (Å²) in [5, 5.41) is 0. The van der Waals surface area contributed by atoms with E-state index in [1.807, 2.05) is 54.6 Å². The lowest BCUT2D eigenvalue weighted by molar-refractivity contribution is 0.414. The van der Waals surface area contributed by atoms with Gasteiger partial charge < -0.3 is 9.15 Å². The highest BCUT2D eigenvalue weighted by Crippen LogP contribution is 2.30. The van der Waals surface area contributed by atoms with Gasteiger partial charge in [-0.3, -0.25) is 4.99 Å². The molecule has 116 valence electrons. The van der Waals surface area contributed by atoms with Crippen LogP contribution in [0.1, 0.15) is 24.3 Å². The molecule has 0 radical (unpaired) electrons. The van der Waals surface area contributed by atoms with Crippen LogP contribution in [0.2, 0.25) is 0 Å². The molecule has 0 saturated heterocycles. The first-order valence-electron chi connectivity index (χ1n) is 7.59. The third-order valence-electron chi connectivity index (χ3n) is 3.71. The van der Waals surface area contributed by atoms with Crippen molar-refractivity contribution < 1.29 is 9.15 Å². The normalized spacial score (nSPS) is 12.4. The molecule has 0 fully saturated rings. The second-order valence-corrected chi connectivity index (χ2v) is 5.27. The fourth-order valence-corrected chi connectivity index (χ4v) is 2.42. The van der Waals surface area contributed by atoms with Crippen LogP contribution in [-0.4, -0.2) is 13.3 Å². The summed E-state index contributed by atoms with van der Waals surface area (Å²) in [7, 11) is 1.66. The molecule has 0 aliphatic carbocycles. The molecule has 3 nitrogen and oxygen atoms in total. The summed E-state index contributed by atoms with van der Waals surface area (Å²) >= 11 is 0. The van der Waals surface area contributed by atoms with Gasteiger partial charge in [0.1, 0.15) is 17.3 Å². The van der Waals surface area contributed by atoms with Crippen molar-refractivity contribution in [3.63, 3.8) is 0 Å². The topological polar surface area (TPSA) is 34.7 Å². The van der Waals surface area contributed by atoms with Crippen molar-refractivity contribution >= 4 is 6.21 Å². The Morgan fingerprint density at radius 1 is 0.957 bits per heavy atom. The molecule has 0 amide bonds. The van der Waals surface area contributed by atoms with Gasteiger partial charge in [-0.1, -0.05) is 42.5 Å². The lowest BCUT2D eigenvalue weighted by Gasteiger charge is -2.05. The number of ether oxygens (including phenoxy) is 1. The largest absolute Gasteiger partial charge is 0.496 e. The van der Waals surface area contributed by atoms with E-state index in [1.165, 1.54) is 5.56 Å². The predicted octanol–water partition coefficient (Wildman–Crippen LogP) is 5.14. The van der Waals surface area contributed by atoms with Crippen LogP contribution in [0.3, 0.4) is 0 Å². The SMILES string of the molecule is COc1ccccc1-c1ccc(/C=N/C(C)c2ccccc2)o1. The smallest absolute Gasteiger partial charge is 0.145 e. The summed E-state index contributed by atoms with van der Waals surface area (Å²) < 4.78 is 11.2. The van der Waals surface area contributed by atoms with Gasteiger partial charge in [0.2, 0.25) is 0 Å². The van der Waals surface area contributed by atoms with E-state index in [0.29, 0.717) is 0 Å². The van der Waals surface area contributed by atoms with Crippen LogP contribution in [0, 0.1) is 0 Å². The molecule has 3 aromatic rings. The number of furan rings is 1. The van der Waals surface area contributed by atoms with Crippen molar-refractivity contribution in [2.45, 2.75) is 13.0 Å². The maximum absolute atomic E-state index is 5.87. The average molecular weight is 305 g/mol. The van der Waals surface area contributed by atoms with Crippen LogP contribution >= 0.6 is 0 Å². The van der Waals surface area contributed by atoms with Crippen LogP contribution in [0.15, 0.2) is 76.1 Å². The van der Waals surface area contributed by atoms with Crippen LogP contribution in [-0.2, 0) is 0 Å². The lowest BCUT2D eigenvalue weighted by Crippen LogP contribution is -1.89. The number of benzene rings is 2. The van der Waals surface area contributed by atoms with Crippen LogP contribution in [0.5, 0.6) is 5.75 Å². The Bertz CT molecular complexity index is 790. The zero-order chi connectivity index (χ0) is 16.1. The summed E-state index contributed by atoms with van der Waals surface area (Å²) in [4.78, 5) is 4.56. The molecule has 23 heavy (non-hydrogen) atoms. The first-order valence-corrected chi connectivity index (χ1v) is 7.59. The zero-order valence-electron chi connectivity index (χ0n) is 13.3. The second kappa shape index (κ2) is 6.97. The van der Waals surface area contributed by atoms with Gasteiger partial charge in [-0.05, 0) is 36.8 Å². The first-order chi connectivity index (χ1) is 11.3. The minimum atomic E-state index is 0.0935. The van der Waals surface area contributed by atoms with Gasteiger partial charge in [0.05, 0.1) is 24.9 Å². The second-order valence-electron chi connectivity index (χ2n) is 5.27. The van der Waals surface area contributed by atoms with Crippen molar-refractivity contribution in [2.24, 2.45) is 4.99 Å². The number of nitrogens with zero attached hydrogens (tertiary/aromatic N) is 1. The van der Waals surface area contributed by atoms with Crippen LogP contribution in [0.25, 0.3) is 11.3 Å². The Morgan fingerprint density at radius 2 is 1.70 bits per heavy atom.